The highest BCUT2D eigenvalue weighted by Crippen LogP contribution is 2.31. The van der Waals surface area contributed by atoms with E-state index in [0.717, 1.165) is 31.7 Å². The van der Waals surface area contributed by atoms with Gasteiger partial charge in [0.25, 0.3) is 0 Å². The lowest BCUT2D eigenvalue weighted by Gasteiger charge is -2.29. The van der Waals surface area contributed by atoms with Gasteiger partial charge < -0.3 is 10.4 Å². The van der Waals surface area contributed by atoms with Crippen molar-refractivity contribution in [2.24, 2.45) is 5.92 Å². The minimum atomic E-state index is -0.574. The minimum absolute atomic E-state index is 0.0938. The van der Waals surface area contributed by atoms with Gasteiger partial charge in [0.1, 0.15) is 11.6 Å². The second-order valence-electron chi connectivity index (χ2n) is 7.77. The van der Waals surface area contributed by atoms with Gasteiger partial charge in [0.05, 0.1) is 6.10 Å². The number of aliphatic hydroxyl groups is 1. The van der Waals surface area contributed by atoms with Crippen LogP contribution in [0.5, 0.6) is 0 Å². The number of halogens is 2. The van der Waals surface area contributed by atoms with Gasteiger partial charge in [-0.3, -0.25) is 0 Å². The van der Waals surface area contributed by atoms with Gasteiger partial charge in [-0.2, -0.15) is 0 Å². The minimum Gasteiger partial charge on any atom is -0.392 e. The fourth-order valence-electron chi connectivity index (χ4n) is 3.98. The first kappa shape index (κ1) is 20.0. The summed E-state index contributed by atoms with van der Waals surface area (Å²) < 4.78 is 26.7. The van der Waals surface area contributed by atoms with E-state index in [1.165, 1.54) is 28.8 Å². The first-order chi connectivity index (χ1) is 13.0. The van der Waals surface area contributed by atoms with Gasteiger partial charge >= 0.3 is 0 Å². The Bertz CT molecular complexity index is 757. The summed E-state index contributed by atoms with van der Waals surface area (Å²) in [6, 6.07) is 10.5. The van der Waals surface area contributed by atoms with Crippen LogP contribution in [0, 0.1) is 17.6 Å². The number of benzene rings is 2. The summed E-state index contributed by atoms with van der Waals surface area (Å²) in [5, 5.41) is 14.1. The van der Waals surface area contributed by atoms with Crippen molar-refractivity contribution in [2.45, 2.75) is 58.1 Å². The number of nitrogens with one attached hydrogen (secondary N) is 1. The summed E-state index contributed by atoms with van der Waals surface area (Å²) in [6.07, 6.45) is 4.21. The van der Waals surface area contributed by atoms with Crippen LogP contribution in [0.15, 0.2) is 36.4 Å². The number of aliphatic hydroxyl groups excluding tert-OH is 1. The average Bonchev–Trinajstić information content (AvgIpc) is 2.64. The second-order valence-corrected chi connectivity index (χ2v) is 7.77. The molecule has 0 saturated heterocycles. The number of fused-ring (bicyclic) bond motifs is 1. The summed E-state index contributed by atoms with van der Waals surface area (Å²) in [4.78, 5) is 0. The van der Waals surface area contributed by atoms with E-state index in [9.17, 15) is 13.9 Å². The predicted molar refractivity (Wildman–Crippen MR) is 105 cm³/mol. The third-order valence-electron chi connectivity index (χ3n) is 5.64. The van der Waals surface area contributed by atoms with E-state index < -0.39 is 17.7 Å². The van der Waals surface area contributed by atoms with Gasteiger partial charge in [0.15, 0.2) is 0 Å². The zero-order valence-corrected chi connectivity index (χ0v) is 16.1. The molecule has 2 aromatic rings. The predicted octanol–water partition coefficient (Wildman–Crippen LogP) is 4.73. The van der Waals surface area contributed by atoms with Crippen molar-refractivity contribution in [3.8, 4) is 0 Å². The summed E-state index contributed by atoms with van der Waals surface area (Å²) in [5.41, 5.74) is 4.67. The topological polar surface area (TPSA) is 32.3 Å². The molecule has 2 N–H and O–H groups in total. The van der Waals surface area contributed by atoms with E-state index in [1.807, 2.05) is 6.92 Å². The molecular formula is C23H29F2NO. The van der Waals surface area contributed by atoms with Gasteiger partial charge in [0.2, 0.25) is 0 Å². The van der Waals surface area contributed by atoms with Crippen LogP contribution in [-0.2, 0) is 19.3 Å². The number of hydrogen-bond donors (Lipinski definition) is 2. The Balaban J connectivity index is 1.60. The fraction of sp³-hybridized carbons (Fsp3) is 0.478. The molecule has 4 heteroatoms. The number of hydrogen-bond acceptors (Lipinski definition) is 2. The molecule has 0 radical (unpaired) electrons. The summed E-state index contributed by atoms with van der Waals surface area (Å²) in [7, 11) is 0. The van der Waals surface area contributed by atoms with Crippen molar-refractivity contribution in [3.63, 3.8) is 0 Å². The summed E-state index contributed by atoms with van der Waals surface area (Å²) in [6.45, 7) is 4.55. The van der Waals surface area contributed by atoms with Crippen molar-refractivity contribution in [2.75, 3.05) is 6.54 Å². The maximum atomic E-state index is 13.4. The molecule has 146 valence electrons. The van der Waals surface area contributed by atoms with Crippen LogP contribution in [0.2, 0.25) is 0 Å². The SMILES string of the molecule is CCc1ccc2c(c1)C(NC[C@@H](O)[C@@H](C)Cc1cc(F)cc(F)c1)CCC2. The zero-order valence-electron chi connectivity index (χ0n) is 16.1. The molecule has 3 rings (SSSR count). The van der Waals surface area contributed by atoms with E-state index in [0.29, 0.717) is 18.5 Å². The van der Waals surface area contributed by atoms with Crippen LogP contribution in [0.3, 0.4) is 0 Å². The molecule has 0 amide bonds. The molecular weight excluding hydrogens is 344 g/mol. The van der Waals surface area contributed by atoms with E-state index in [2.05, 4.69) is 30.4 Å². The Morgan fingerprint density at radius 1 is 1.11 bits per heavy atom. The Morgan fingerprint density at radius 2 is 1.85 bits per heavy atom. The monoisotopic (exact) mass is 373 g/mol. The molecule has 2 aromatic carbocycles. The highest BCUT2D eigenvalue weighted by molar-refractivity contribution is 5.36. The third-order valence-corrected chi connectivity index (χ3v) is 5.64. The van der Waals surface area contributed by atoms with Crippen molar-refractivity contribution < 1.29 is 13.9 Å². The maximum absolute atomic E-state index is 13.4. The summed E-state index contributed by atoms with van der Waals surface area (Å²) >= 11 is 0. The largest absolute Gasteiger partial charge is 0.392 e. The van der Waals surface area contributed by atoms with Crippen LogP contribution in [0.1, 0.15) is 55.0 Å². The Morgan fingerprint density at radius 3 is 2.56 bits per heavy atom. The molecule has 0 aromatic heterocycles. The molecule has 0 aliphatic heterocycles. The van der Waals surface area contributed by atoms with Gasteiger partial charge in [-0.25, -0.2) is 8.78 Å². The van der Waals surface area contributed by atoms with E-state index in [-0.39, 0.29) is 12.0 Å². The normalized spacial score (nSPS) is 18.8. The molecule has 1 aliphatic rings. The second kappa shape index (κ2) is 8.94. The van der Waals surface area contributed by atoms with E-state index in [4.69, 9.17) is 0 Å². The zero-order chi connectivity index (χ0) is 19.4. The molecule has 27 heavy (non-hydrogen) atoms. The third kappa shape index (κ3) is 5.14. The fourth-order valence-corrected chi connectivity index (χ4v) is 3.98. The van der Waals surface area contributed by atoms with Crippen LogP contribution in [-0.4, -0.2) is 17.8 Å². The molecule has 0 fully saturated rings. The smallest absolute Gasteiger partial charge is 0.126 e. The van der Waals surface area contributed by atoms with Crippen LogP contribution in [0.25, 0.3) is 0 Å². The van der Waals surface area contributed by atoms with Crippen molar-refractivity contribution >= 4 is 0 Å². The van der Waals surface area contributed by atoms with Gasteiger partial charge in [-0.15, -0.1) is 0 Å². The lowest BCUT2D eigenvalue weighted by molar-refractivity contribution is 0.110. The molecule has 1 aliphatic carbocycles. The molecule has 1 unspecified atom stereocenters. The number of rotatable bonds is 7. The van der Waals surface area contributed by atoms with Crippen molar-refractivity contribution in [3.05, 3.63) is 70.3 Å². The molecule has 0 heterocycles. The van der Waals surface area contributed by atoms with Crippen molar-refractivity contribution in [1.82, 2.24) is 5.32 Å². The lowest BCUT2D eigenvalue weighted by Crippen LogP contribution is -2.36. The van der Waals surface area contributed by atoms with Gasteiger partial charge in [0, 0.05) is 18.7 Å². The first-order valence-corrected chi connectivity index (χ1v) is 9.94. The first-order valence-electron chi connectivity index (χ1n) is 9.94. The van der Waals surface area contributed by atoms with E-state index >= 15 is 0 Å². The molecule has 2 nitrogen and oxygen atoms in total. The maximum Gasteiger partial charge on any atom is 0.126 e. The summed E-state index contributed by atoms with van der Waals surface area (Å²) in [5.74, 6) is -1.24. The van der Waals surface area contributed by atoms with Crippen LogP contribution < -0.4 is 5.32 Å². The van der Waals surface area contributed by atoms with E-state index in [1.54, 1.807) is 0 Å². The van der Waals surface area contributed by atoms with Crippen molar-refractivity contribution in [1.29, 1.82) is 0 Å². The quantitative estimate of drug-likeness (QED) is 0.735. The van der Waals surface area contributed by atoms with Crippen LogP contribution >= 0.6 is 0 Å². The van der Waals surface area contributed by atoms with Gasteiger partial charge in [-0.1, -0.05) is 32.0 Å². The standard InChI is InChI=1S/C23H29F2NO/c1-3-16-7-8-18-5-4-6-22(21(18)12-16)26-14-23(27)15(2)9-17-10-19(24)13-20(25)11-17/h7-8,10-13,15,22-23,26-27H,3-6,9,14H2,1-2H3/t15-,22?,23+/m0/s1. The van der Waals surface area contributed by atoms with Gasteiger partial charge in [-0.05, 0) is 72.4 Å². The molecule has 0 spiro atoms. The highest BCUT2D eigenvalue weighted by Gasteiger charge is 2.22. The Kier molecular flexibility index (Phi) is 6.61. The van der Waals surface area contributed by atoms with Crippen LogP contribution in [0.4, 0.5) is 8.78 Å². The molecule has 0 bridgehead atoms. The number of aryl methyl sites for hydroxylation is 2. The average molecular weight is 373 g/mol. The molecule has 0 saturated carbocycles. The highest BCUT2D eigenvalue weighted by atomic mass is 19.1. The molecule has 3 atom stereocenters. The Labute approximate surface area is 160 Å². The lowest BCUT2D eigenvalue weighted by atomic mass is 9.86. The Hall–Kier alpha value is -1.78.